The summed E-state index contributed by atoms with van der Waals surface area (Å²) in [6, 6.07) is 10.9. The Morgan fingerprint density at radius 2 is 1.78 bits per heavy atom. The lowest BCUT2D eigenvalue weighted by Gasteiger charge is -2.20. The average molecular weight is 551 g/mol. The first-order chi connectivity index (χ1) is 17.2. The lowest BCUT2D eigenvalue weighted by Crippen LogP contribution is -2.18. The number of rotatable bonds is 6. The number of hydrogen-bond acceptors (Lipinski definition) is 6. The number of hydrogen-bond donors (Lipinski definition) is 0. The standard InChI is InChI=1S/C26H25F3N2O4S2/c1-5-35-24(32)21-15-36-23(30-21)14-19-12-16-11-18(26(27,28)29)9-10-22(16)31(19)37(33,34)20-8-6-7-17(13-20)25(2,3)4/h6-13,15H,5,14H2,1-4H3. The smallest absolute Gasteiger partial charge is 0.416 e. The third-order valence-corrected chi connectivity index (χ3v) is 8.37. The Labute approximate surface area is 216 Å². The molecule has 0 atom stereocenters. The van der Waals surface area contributed by atoms with Gasteiger partial charge in [-0.05, 0) is 54.3 Å². The summed E-state index contributed by atoms with van der Waals surface area (Å²) in [5, 5.41) is 2.05. The monoisotopic (exact) mass is 550 g/mol. The second-order valence-corrected chi connectivity index (χ2v) is 12.2. The van der Waals surface area contributed by atoms with E-state index in [9.17, 15) is 26.4 Å². The number of carbonyl (C=O) groups excluding carboxylic acids is 1. The molecule has 0 aliphatic rings. The van der Waals surface area contributed by atoms with Crippen LogP contribution in [0.5, 0.6) is 0 Å². The summed E-state index contributed by atoms with van der Waals surface area (Å²) in [5.41, 5.74) is 0.0230. The van der Waals surface area contributed by atoms with E-state index in [0.717, 1.165) is 33.0 Å². The number of alkyl halides is 3. The minimum atomic E-state index is -4.58. The topological polar surface area (TPSA) is 78.3 Å². The van der Waals surface area contributed by atoms with Gasteiger partial charge in [0.25, 0.3) is 10.0 Å². The summed E-state index contributed by atoms with van der Waals surface area (Å²) < 4.78 is 74.0. The fourth-order valence-corrected chi connectivity index (χ4v) is 6.27. The Hall–Kier alpha value is -3.18. The second kappa shape index (κ2) is 9.60. The molecule has 2 aromatic carbocycles. The van der Waals surface area contributed by atoms with E-state index in [0.29, 0.717) is 5.01 Å². The molecule has 0 spiro atoms. The lowest BCUT2D eigenvalue weighted by molar-refractivity contribution is -0.137. The molecule has 0 bridgehead atoms. The molecule has 4 aromatic rings. The van der Waals surface area contributed by atoms with Crippen LogP contribution in [0.25, 0.3) is 10.9 Å². The van der Waals surface area contributed by atoms with Gasteiger partial charge in [0, 0.05) is 22.9 Å². The average Bonchev–Trinajstić information content (AvgIpc) is 3.42. The SMILES string of the molecule is CCOC(=O)c1csc(Cc2cc3cc(C(F)(F)F)ccc3n2S(=O)(=O)c2cccc(C(C)(C)C)c2)n1. The Balaban J connectivity index is 1.88. The van der Waals surface area contributed by atoms with Gasteiger partial charge in [-0.3, -0.25) is 0 Å². The van der Waals surface area contributed by atoms with Crippen molar-refractivity contribution in [3.8, 4) is 0 Å². The Bertz CT molecular complexity index is 1580. The van der Waals surface area contributed by atoms with E-state index < -0.39 is 27.7 Å². The number of nitrogens with zero attached hydrogens (tertiary/aromatic N) is 2. The van der Waals surface area contributed by atoms with Crippen molar-refractivity contribution >= 4 is 38.2 Å². The highest BCUT2D eigenvalue weighted by Gasteiger charge is 2.32. The predicted octanol–water partition coefficient (Wildman–Crippen LogP) is 6.42. The van der Waals surface area contributed by atoms with Crippen molar-refractivity contribution in [3.05, 3.63) is 81.4 Å². The van der Waals surface area contributed by atoms with E-state index in [4.69, 9.17) is 4.74 Å². The molecule has 0 unspecified atom stereocenters. The van der Waals surface area contributed by atoms with Crippen molar-refractivity contribution in [2.75, 3.05) is 6.61 Å². The van der Waals surface area contributed by atoms with Crippen LogP contribution in [0.3, 0.4) is 0 Å². The van der Waals surface area contributed by atoms with Crippen LogP contribution in [0.15, 0.2) is 58.8 Å². The molecule has 0 saturated carbocycles. The van der Waals surface area contributed by atoms with Gasteiger partial charge in [-0.15, -0.1) is 11.3 Å². The first-order valence-electron chi connectivity index (χ1n) is 11.4. The van der Waals surface area contributed by atoms with Gasteiger partial charge in [-0.25, -0.2) is 22.2 Å². The molecule has 0 amide bonds. The molecular formula is C26H25F3N2O4S2. The van der Waals surface area contributed by atoms with Crippen LogP contribution in [0.4, 0.5) is 13.2 Å². The van der Waals surface area contributed by atoms with E-state index in [1.807, 2.05) is 26.8 Å². The van der Waals surface area contributed by atoms with Gasteiger partial charge in [0.2, 0.25) is 0 Å². The molecule has 2 heterocycles. The molecule has 0 aliphatic carbocycles. The van der Waals surface area contributed by atoms with E-state index in [-0.39, 0.29) is 45.6 Å². The maximum absolute atomic E-state index is 13.9. The number of benzene rings is 2. The summed E-state index contributed by atoms with van der Waals surface area (Å²) in [5.74, 6) is -0.605. The highest BCUT2D eigenvalue weighted by Crippen LogP contribution is 2.35. The van der Waals surface area contributed by atoms with Crippen molar-refractivity contribution in [3.63, 3.8) is 0 Å². The van der Waals surface area contributed by atoms with Crippen LogP contribution in [0.2, 0.25) is 0 Å². The molecule has 11 heteroatoms. The van der Waals surface area contributed by atoms with E-state index in [2.05, 4.69) is 4.98 Å². The minimum Gasteiger partial charge on any atom is -0.461 e. The third-order valence-electron chi connectivity index (χ3n) is 5.76. The van der Waals surface area contributed by atoms with Gasteiger partial charge in [0.1, 0.15) is 0 Å². The van der Waals surface area contributed by atoms with E-state index in [1.165, 1.54) is 23.6 Å². The normalized spacial score (nSPS) is 12.7. The van der Waals surface area contributed by atoms with Crippen molar-refractivity contribution in [2.24, 2.45) is 0 Å². The number of ether oxygens (including phenoxy) is 1. The van der Waals surface area contributed by atoms with Crippen molar-refractivity contribution < 1.29 is 31.1 Å². The van der Waals surface area contributed by atoms with Gasteiger partial charge in [-0.2, -0.15) is 13.2 Å². The zero-order valence-corrected chi connectivity index (χ0v) is 22.2. The molecular weight excluding hydrogens is 525 g/mol. The van der Waals surface area contributed by atoms with Crippen LogP contribution in [-0.4, -0.2) is 30.0 Å². The van der Waals surface area contributed by atoms with Gasteiger partial charge >= 0.3 is 12.1 Å². The number of thiazole rings is 1. The number of aromatic nitrogens is 2. The number of halogens is 3. The molecule has 4 rings (SSSR count). The maximum atomic E-state index is 13.9. The molecule has 0 N–H and O–H groups in total. The number of carbonyl (C=O) groups is 1. The molecule has 196 valence electrons. The molecule has 37 heavy (non-hydrogen) atoms. The highest BCUT2D eigenvalue weighted by molar-refractivity contribution is 7.90. The van der Waals surface area contributed by atoms with Crippen LogP contribution in [-0.2, 0) is 32.8 Å². The molecule has 6 nitrogen and oxygen atoms in total. The summed E-state index contributed by atoms with van der Waals surface area (Å²) in [6.45, 7) is 7.71. The van der Waals surface area contributed by atoms with E-state index >= 15 is 0 Å². The summed E-state index contributed by atoms with van der Waals surface area (Å²) in [4.78, 5) is 16.3. The van der Waals surface area contributed by atoms with Crippen LogP contribution < -0.4 is 0 Å². The quantitative estimate of drug-likeness (QED) is 0.259. The molecule has 2 aromatic heterocycles. The van der Waals surface area contributed by atoms with Crippen molar-refractivity contribution in [1.29, 1.82) is 0 Å². The van der Waals surface area contributed by atoms with Crippen LogP contribution in [0.1, 0.15) is 60.0 Å². The molecule has 0 saturated heterocycles. The predicted molar refractivity (Wildman–Crippen MR) is 136 cm³/mol. The third kappa shape index (κ3) is 5.42. The zero-order chi connectivity index (χ0) is 27.2. The Morgan fingerprint density at radius 1 is 1.05 bits per heavy atom. The minimum absolute atomic E-state index is 0.0156. The summed E-state index contributed by atoms with van der Waals surface area (Å²) in [7, 11) is -4.20. The fourth-order valence-electron chi connectivity index (χ4n) is 3.91. The summed E-state index contributed by atoms with van der Waals surface area (Å²) in [6.07, 6.45) is -4.60. The zero-order valence-electron chi connectivity index (χ0n) is 20.6. The highest BCUT2D eigenvalue weighted by atomic mass is 32.2. The van der Waals surface area contributed by atoms with Gasteiger partial charge in [-0.1, -0.05) is 32.9 Å². The number of fused-ring (bicyclic) bond motifs is 1. The van der Waals surface area contributed by atoms with Gasteiger partial charge in [0.15, 0.2) is 5.69 Å². The largest absolute Gasteiger partial charge is 0.461 e. The number of esters is 1. The van der Waals surface area contributed by atoms with Gasteiger partial charge < -0.3 is 4.74 Å². The van der Waals surface area contributed by atoms with Crippen molar-refractivity contribution in [1.82, 2.24) is 8.96 Å². The first-order valence-corrected chi connectivity index (χ1v) is 13.7. The first kappa shape index (κ1) is 26.9. The molecule has 0 radical (unpaired) electrons. The maximum Gasteiger partial charge on any atom is 0.416 e. The van der Waals surface area contributed by atoms with E-state index in [1.54, 1.807) is 19.1 Å². The summed E-state index contributed by atoms with van der Waals surface area (Å²) >= 11 is 1.14. The van der Waals surface area contributed by atoms with Crippen molar-refractivity contribution in [2.45, 2.75) is 50.6 Å². The Morgan fingerprint density at radius 3 is 2.43 bits per heavy atom. The Kier molecular flexibility index (Phi) is 6.98. The molecule has 0 aliphatic heterocycles. The lowest BCUT2D eigenvalue weighted by atomic mass is 9.87. The fraction of sp³-hybridized carbons (Fsp3) is 0.308. The van der Waals surface area contributed by atoms with Crippen LogP contribution in [0, 0.1) is 0 Å². The molecule has 0 fully saturated rings. The van der Waals surface area contributed by atoms with Crippen LogP contribution >= 0.6 is 11.3 Å². The van der Waals surface area contributed by atoms with Gasteiger partial charge in [0.05, 0.1) is 27.6 Å². The second-order valence-electron chi connectivity index (χ2n) is 9.48.